The van der Waals surface area contributed by atoms with Crippen molar-refractivity contribution in [3.8, 4) is 0 Å². The number of hydrogen-bond donors (Lipinski definition) is 4. The highest BCUT2D eigenvalue weighted by Crippen LogP contribution is 2.35. The van der Waals surface area contributed by atoms with E-state index in [0.717, 1.165) is 56.1 Å². The third kappa shape index (κ3) is 6.26. The second-order valence-electron chi connectivity index (χ2n) is 10.5. The van der Waals surface area contributed by atoms with E-state index in [9.17, 15) is 14.4 Å². The van der Waals surface area contributed by atoms with E-state index >= 15 is 0 Å². The largest absolute Gasteiger partial charge is 0.379 e. The molecule has 0 aliphatic carbocycles. The van der Waals surface area contributed by atoms with Crippen molar-refractivity contribution in [1.29, 1.82) is 0 Å². The molecule has 1 atom stereocenters. The summed E-state index contributed by atoms with van der Waals surface area (Å²) in [5, 5.41) is 9.03. The van der Waals surface area contributed by atoms with Gasteiger partial charge in [0.05, 0.1) is 30.4 Å². The van der Waals surface area contributed by atoms with E-state index in [-0.39, 0.29) is 23.8 Å². The van der Waals surface area contributed by atoms with Crippen molar-refractivity contribution in [2.75, 3.05) is 44.7 Å². The van der Waals surface area contributed by atoms with E-state index in [2.05, 4.69) is 25.8 Å². The Morgan fingerprint density at radius 1 is 1.07 bits per heavy atom. The second-order valence-corrected chi connectivity index (χ2v) is 10.5. The number of morpholine rings is 1. The summed E-state index contributed by atoms with van der Waals surface area (Å²) in [6.07, 6.45) is 2.51. The monoisotopic (exact) mass is 555 g/mol. The molecule has 9 heteroatoms. The fraction of sp³-hybridized carbons (Fsp3) is 0.344. The van der Waals surface area contributed by atoms with Gasteiger partial charge in [-0.15, -0.1) is 0 Å². The van der Waals surface area contributed by atoms with Gasteiger partial charge in [0.25, 0.3) is 17.7 Å². The van der Waals surface area contributed by atoms with Gasteiger partial charge in [-0.2, -0.15) is 0 Å². The van der Waals surface area contributed by atoms with Crippen molar-refractivity contribution >= 4 is 35.1 Å². The molecule has 4 N–H and O–H groups in total. The lowest BCUT2D eigenvalue weighted by molar-refractivity contribution is -0.110. The molecule has 3 aromatic rings. The summed E-state index contributed by atoms with van der Waals surface area (Å²) in [5.74, 6) is -0.602. The number of hydrogen-bond acceptors (Lipinski definition) is 5. The van der Waals surface area contributed by atoms with Gasteiger partial charge in [0.15, 0.2) is 0 Å². The maximum absolute atomic E-state index is 13.2. The van der Waals surface area contributed by atoms with Crippen LogP contribution in [-0.2, 0) is 9.53 Å². The molecule has 214 valence electrons. The van der Waals surface area contributed by atoms with Crippen LogP contribution in [0.1, 0.15) is 68.2 Å². The quantitative estimate of drug-likeness (QED) is 0.297. The summed E-state index contributed by atoms with van der Waals surface area (Å²) in [5.41, 5.74) is 6.02. The average molecular weight is 556 g/mol. The van der Waals surface area contributed by atoms with E-state index in [1.165, 1.54) is 0 Å². The number of nitrogens with one attached hydrogen (secondary N) is 4. The zero-order valence-electron chi connectivity index (χ0n) is 23.8. The van der Waals surface area contributed by atoms with Crippen LogP contribution in [0.4, 0.5) is 5.69 Å². The normalized spacial score (nSPS) is 16.8. The van der Waals surface area contributed by atoms with Gasteiger partial charge in [0.2, 0.25) is 0 Å². The molecule has 0 saturated carbocycles. The Bertz CT molecular complexity index is 1470. The van der Waals surface area contributed by atoms with Crippen LogP contribution in [0, 0.1) is 13.8 Å². The van der Waals surface area contributed by atoms with Crippen molar-refractivity contribution in [3.05, 3.63) is 87.7 Å². The number of H-pyrrole nitrogens is 1. The maximum Gasteiger partial charge on any atom is 0.256 e. The third-order valence-electron chi connectivity index (χ3n) is 7.79. The molecule has 0 unspecified atom stereocenters. The fourth-order valence-corrected chi connectivity index (χ4v) is 5.46. The number of fused-ring (bicyclic) bond motifs is 1. The van der Waals surface area contributed by atoms with E-state index < -0.39 is 0 Å². The van der Waals surface area contributed by atoms with Crippen molar-refractivity contribution in [2.45, 2.75) is 33.2 Å². The molecule has 3 heterocycles. The summed E-state index contributed by atoms with van der Waals surface area (Å²) in [4.78, 5) is 44.8. The van der Waals surface area contributed by atoms with Gasteiger partial charge in [-0.3, -0.25) is 19.3 Å². The van der Waals surface area contributed by atoms with Gasteiger partial charge in [-0.1, -0.05) is 37.3 Å². The van der Waals surface area contributed by atoms with Crippen LogP contribution in [0.2, 0.25) is 0 Å². The number of anilines is 1. The first kappa shape index (κ1) is 28.3. The number of aryl methyl sites for hydroxylation is 1. The van der Waals surface area contributed by atoms with Crippen LogP contribution < -0.4 is 16.0 Å². The molecule has 3 amide bonds. The highest BCUT2D eigenvalue weighted by atomic mass is 16.5. The van der Waals surface area contributed by atoms with E-state index in [0.29, 0.717) is 40.2 Å². The highest BCUT2D eigenvalue weighted by molar-refractivity contribution is 6.35. The Hall–Kier alpha value is -4.21. The number of rotatable bonds is 9. The second kappa shape index (κ2) is 12.5. The third-order valence-corrected chi connectivity index (χ3v) is 7.79. The molecule has 0 bridgehead atoms. The first-order valence-corrected chi connectivity index (χ1v) is 14.2. The lowest BCUT2D eigenvalue weighted by Crippen LogP contribution is -2.41. The maximum atomic E-state index is 13.2. The summed E-state index contributed by atoms with van der Waals surface area (Å²) in [6.45, 7) is 10.3. The zero-order valence-corrected chi connectivity index (χ0v) is 23.8. The van der Waals surface area contributed by atoms with Gasteiger partial charge in [-0.25, -0.2) is 0 Å². The van der Waals surface area contributed by atoms with Gasteiger partial charge in [0, 0.05) is 54.4 Å². The lowest BCUT2D eigenvalue weighted by atomic mass is 10.0. The van der Waals surface area contributed by atoms with Crippen molar-refractivity contribution in [3.63, 3.8) is 0 Å². The van der Waals surface area contributed by atoms with Gasteiger partial charge < -0.3 is 25.7 Å². The fourth-order valence-electron chi connectivity index (χ4n) is 5.46. The molecule has 2 aromatic carbocycles. The number of carbonyl (C=O) groups is 3. The first-order chi connectivity index (χ1) is 19.9. The average Bonchev–Trinajstić information content (AvgIpc) is 3.45. The van der Waals surface area contributed by atoms with Gasteiger partial charge in [-0.05, 0) is 55.7 Å². The number of aromatic nitrogens is 1. The Labute approximate surface area is 240 Å². The van der Waals surface area contributed by atoms with Crippen LogP contribution in [0.3, 0.4) is 0 Å². The first-order valence-electron chi connectivity index (χ1n) is 14.2. The number of amides is 3. The molecule has 5 rings (SSSR count). The van der Waals surface area contributed by atoms with Crippen molar-refractivity contribution in [1.82, 2.24) is 20.5 Å². The predicted octanol–water partition coefficient (Wildman–Crippen LogP) is 4.07. The molecule has 1 saturated heterocycles. The van der Waals surface area contributed by atoms with Crippen LogP contribution in [-0.4, -0.2) is 67.0 Å². The summed E-state index contributed by atoms with van der Waals surface area (Å²) in [7, 11) is 0. The highest BCUT2D eigenvalue weighted by Gasteiger charge is 2.27. The molecular weight excluding hydrogens is 518 g/mol. The van der Waals surface area contributed by atoms with Crippen LogP contribution in [0.15, 0.2) is 48.5 Å². The Morgan fingerprint density at radius 3 is 2.56 bits per heavy atom. The summed E-state index contributed by atoms with van der Waals surface area (Å²) in [6, 6.07) is 15.0. The predicted molar refractivity (Wildman–Crippen MR) is 160 cm³/mol. The number of aromatic amines is 1. The van der Waals surface area contributed by atoms with E-state index in [4.69, 9.17) is 4.74 Å². The number of nitrogens with zero attached hydrogens (tertiary/aromatic N) is 1. The molecule has 1 fully saturated rings. The molecule has 2 aliphatic rings. The Morgan fingerprint density at radius 2 is 1.83 bits per heavy atom. The molecular formula is C32H37N5O4. The summed E-state index contributed by atoms with van der Waals surface area (Å²) < 4.78 is 5.38. The topological polar surface area (TPSA) is 116 Å². The minimum absolute atomic E-state index is 0.116. The van der Waals surface area contributed by atoms with E-state index in [1.807, 2.05) is 51.1 Å². The Kier molecular flexibility index (Phi) is 8.66. The zero-order chi connectivity index (χ0) is 28.9. The smallest absolute Gasteiger partial charge is 0.256 e. The SMILES string of the molecule is CC[C@@H](NC(=O)c1ccc2c(c1)C(=Cc1[nH]c(C)c(C(=O)NCCN3CCOCC3)c1C)C(=O)N2)c1ccccc1. The summed E-state index contributed by atoms with van der Waals surface area (Å²) >= 11 is 0. The number of ether oxygens (including phenoxy) is 1. The molecule has 1 aromatic heterocycles. The molecule has 0 spiro atoms. The molecule has 0 radical (unpaired) electrons. The van der Waals surface area contributed by atoms with Crippen LogP contribution in [0.25, 0.3) is 11.6 Å². The van der Waals surface area contributed by atoms with Gasteiger partial charge >= 0.3 is 0 Å². The lowest BCUT2D eigenvalue weighted by Gasteiger charge is -2.26. The minimum Gasteiger partial charge on any atom is -0.379 e. The van der Waals surface area contributed by atoms with Crippen LogP contribution >= 0.6 is 0 Å². The Balaban J connectivity index is 1.33. The van der Waals surface area contributed by atoms with Crippen LogP contribution in [0.5, 0.6) is 0 Å². The minimum atomic E-state index is -0.253. The van der Waals surface area contributed by atoms with Gasteiger partial charge in [0.1, 0.15) is 0 Å². The molecule has 2 aliphatic heterocycles. The molecule has 9 nitrogen and oxygen atoms in total. The van der Waals surface area contributed by atoms with Crippen molar-refractivity contribution < 1.29 is 19.1 Å². The number of benzene rings is 2. The standard InChI is InChI=1S/C32H37N5O4/c1-4-26(22-8-6-5-7-9-22)35-30(38)23-10-11-27-24(18-23)25(31(39)36-27)19-28-20(2)29(21(3)34-28)32(40)33-12-13-37-14-16-41-17-15-37/h5-11,18-19,26,34H,4,12-17H2,1-3H3,(H,33,40)(H,35,38)(H,36,39)/t26-/m1/s1. The molecule has 41 heavy (non-hydrogen) atoms. The van der Waals surface area contributed by atoms with E-state index in [1.54, 1.807) is 24.3 Å². The number of carbonyl (C=O) groups excluding carboxylic acids is 3. The van der Waals surface area contributed by atoms with Crippen molar-refractivity contribution in [2.24, 2.45) is 0 Å².